The first kappa shape index (κ1) is 17.8. The highest BCUT2D eigenvalue weighted by molar-refractivity contribution is 6.02. The highest BCUT2D eigenvalue weighted by Crippen LogP contribution is 2.35. The zero-order valence-corrected chi connectivity index (χ0v) is 15.5. The molecule has 1 heterocycles. The fourth-order valence-corrected chi connectivity index (χ4v) is 3.17. The lowest BCUT2D eigenvalue weighted by Gasteiger charge is -2.25. The van der Waals surface area contributed by atoms with Gasteiger partial charge in [-0.3, -0.25) is 5.43 Å². The first-order valence-electron chi connectivity index (χ1n) is 9.17. The molecule has 0 radical (unpaired) electrons. The molecule has 3 aromatic rings. The van der Waals surface area contributed by atoms with E-state index in [0.717, 1.165) is 22.0 Å². The molecule has 140 valence electrons. The van der Waals surface area contributed by atoms with Gasteiger partial charge in [0.25, 0.3) is 0 Å². The van der Waals surface area contributed by atoms with Crippen LogP contribution in [0.5, 0.6) is 5.75 Å². The van der Waals surface area contributed by atoms with Crippen LogP contribution in [0.25, 0.3) is 16.8 Å². The second-order valence-corrected chi connectivity index (χ2v) is 6.33. The summed E-state index contributed by atoms with van der Waals surface area (Å²) in [7, 11) is 0. The van der Waals surface area contributed by atoms with E-state index in [1.807, 2.05) is 72.8 Å². The van der Waals surface area contributed by atoms with E-state index >= 15 is 0 Å². The number of fused-ring (bicyclic) bond motifs is 3. The van der Waals surface area contributed by atoms with Gasteiger partial charge in [0.15, 0.2) is 0 Å². The molecule has 0 aliphatic carbocycles. The van der Waals surface area contributed by atoms with Crippen molar-refractivity contribution in [2.75, 3.05) is 12.0 Å². The smallest absolute Gasteiger partial charge is 0.352 e. The molecule has 1 atom stereocenters. The van der Waals surface area contributed by atoms with Gasteiger partial charge >= 0.3 is 5.97 Å². The summed E-state index contributed by atoms with van der Waals surface area (Å²) in [5.74, 6) is 0.226. The van der Waals surface area contributed by atoms with Gasteiger partial charge in [-0.15, -0.1) is 0 Å². The van der Waals surface area contributed by atoms with Crippen molar-refractivity contribution in [2.24, 2.45) is 5.10 Å². The lowest BCUT2D eigenvalue weighted by molar-refractivity contribution is -0.149. The number of nitrogens with zero attached hydrogens (tertiary/aromatic N) is 1. The van der Waals surface area contributed by atoms with Crippen LogP contribution < -0.4 is 10.2 Å². The van der Waals surface area contributed by atoms with Crippen LogP contribution in [0.3, 0.4) is 0 Å². The molecule has 5 heteroatoms. The number of rotatable bonds is 5. The van der Waals surface area contributed by atoms with Gasteiger partial charge in [-0.1, -0.05) is 48.5 Å². The van der Waals surface area contributed by atoms with Crippen molar-refractivity contribution in [3.05, 3.63) is 77.9 Å². The van der Waals surface area contributed by atoms with Crippen LogP contribution in [0.4, 0.5) is 5.69 Å². The summed E-state index contributed by atoms with van der Waals surface area (Å²) in [5, 5.41) is 6.45. The van der Waals surface area contributed by atoms with Crippen LogP contribution in [0.1, 0.15) is 12.5 Å². The first-order valence-corrected chi connectivity index (χ1v) is 9.17. The monoisotopic (exact) mass is 372 g/mol. The molecule has 0 bridgehead atoms. The van der Waals surface area contributed by atoms with E-state index in [4.69, 9.17) is 9.47 Å². The van der Waals surface area contributed by atoms with E-state index in [1.165, 1.54) is 0 Å². The second kappa shape index (κ2) is 7.96. The Kier molecular flexibility index (Phi) is 5.06. The van der Waals surface area contributed by atoms with Gasteiger partial charge in [0.05, 0.1) is 18.5 Å². The summed E-state index contributed by atoms with van der Waals surface area (Å²) in [5.41, 5.74) is 5.38. The quantitative estimate of drug-likeness (QED) is 0.402. The molecule has 0 aromatic heterocycles. The van der Waals surface area contributed by atoms with Crippen LogP contribution >= 0.6 is 0 Å². The number of esters is 1. The number of hydrogen-bond acceptors (Lipinski definition) is 5. The number of ether oxygens (including phenoxy) is 2. The second-order valence-electron chi connectivity index (χ2n) is 6.33. The van der Waals surface area contributed by atoms with Gasteiger partial charge in [-0.2, -0.15) is 5.10 Å². The maximum Gasteiger partial charge on any atom is 0.352 e. The largest absolute Gasteiger partial charge is 0.473 e. The van der Waals surface area contributed by atoms with Crippen molar-refractivity contribution in [3.63, 3.8) is 0 Å². The lowest BCUT2D eigenvalue weighted by Crippen LogP contribution is -2.34. The zero-order chi connectivity index (χ0) is 19.3. The van der Waals surface area contributed by atoms with E-state index in [1.54, 1.807) is 13.1 Å². The number of hydrogen-bond donors (Lipinski definition) is 1. The molecule has 1 N–H and O–H groups in total. The number of anilines is 1. The number of carbonyl (C=O) groups is 1. The van der Waals surface area contributed by atoms with Gasteiger partial charge in [0.1, 0.15) is 5.75 Å². The molecule has 3 aromatic carbocycles. The van der Waals surface area contributed by atoms with Crippen LogP contribution in [-0.4, -0.2) is 24.9 Å². The van der Waals surface area contributed by atoms with Crippen molar-refractivity contribution >= 4 is 34.7 Å². The van der Waals surface area contributed by atoms with Gasteiger partial charge in [0.2, 0.25) is 6.10 Å². The number of hydrazone groups is 1. The van der Waals surface area contributed by atoms with E-state index in [-0.39, 0.29) is 6.61 Å². The zero-order valence-electron chi connectivity index (χ0n) is 15.5. The molecule has 0 spiro atoms. The van der Waals surface area contributed by atoms with Crippen molar-refractivity contribution < 1.29 is 14.3 Å². The molecule has 28 heavy (non-hydrogen) atoms. The maximum atomic E-state index is 12.4. The van der Waals surface area contributed by atoms with Gasteiger partial charge in [0, 0.05) is 11.1 Å². The Labute approximate surface area is 163 Å². The summed E-state index contributed by atoms with van der Waals surface area (Å²) in [6, 6.07) is 21.5. The fraction of sp³-hybridized carbons (Fsp3) is 0.130. The number of carbonyl (C=O) groups excluding carboxylic acids is 1. The molecule has 1 aliphatic heterocycles. The van der Waals surface area contributed by atoms with Gasteiger partial charge < -0.3 is 9.47 Å². The Morgan fingerprint density at radius 3 is 2.71 bits per heavy atom. The van der Waals surface area contributed by atoms with Crippen LogP contribution in [0.15, 0.2) is 77.4 Å². The molecule has 0 saturated carbocycles. The molecule has 1 aliphatic rings. The summed E-state index contributed by atoms with van der Waals surface area (Å²) in [6.07, 6.45) is 2.70. The van der Waals surface area contributed by atoms with Crippen molar-refractivity contribution in [3.8, 4) is 5.75 Å². The molecule has 4 rings (SSSR count). The summed E-state index contributed by atoms with van der Waals surface area (Å²) in [6.45, 7) is 2.06. The fourth-order valence-electron chi connectivity index (χ4n) is 3.17. The Morgan fingerprint density at radius 1 is 1.11 bits per heavy atom. The normalized spacial score (nSPS) is 15.6. The topological polar surface area (TPSA) is 59.9 Å². The maximum absolute atomic E-state index is 12.4. The average Bonchev–Trinajstić information content (AvgIpc) is 2.74. The van der Waals surface area contributed by atoms with Crippen molar-refractivity contribution in [2.45, 2.75) is 13.0 Å². The first-order chi connectivity index (χ1) is 13.8. The molecule has 5 nitrogen and oxygen atoms in total. The van der Waals surface area contributed by atoms with Gasteiger partial charge in [-0.05, 0) is 42.0 Å². The molecule has 0 saturated heterocycles. The highest BCUT2D eigenvalue weighted by atomic mass is 16.6. The number of para-hydroxylation sites is 1. The molecule has 1 unspecified atom stereocenters. The standard InChI is InChI=1S/C23H20N2O3/c1-2-27-23(26)22-17(15-24-25-18-9-4-3-5-10-18)14-20-19-11-7-6-8-16(19)12-13-21(20)28-22/h3-15,22,25H,2H2,1H3/b24-15+. The van der Waals surface area contributed by atoms with E-state index < -0.39 is 12.1 Å². The molecular weight excluding hydrogens is 352 g/mol. The summed E-state index contributed by atoms with van der Waals surface area (Å²) >= 11 is 0. The van der Waals surface area contributed by atoms with Crippen molar-refractivity contribution in [1.29, 1.82) is 0 Å². The van der Waals surface area contributed by atoms with Crippen LogP contribution in [0.2, 0.25) is 0 Å². The molecule has 0 fully saturated rings. The lowest BCUT2D eigenvalue weighted by atomic mass is 9.97. The molecule has 0 amide bonds. The summed E-state index contributed by atoms with van der Waals surface area (Å²) < 4.78 is 11.2. The average molecular weight is 372 g/mol. The predicted octanol–water partition coefficient (Wildman–Crippen LogP) is 4.65. The van der Waals surface area contributed by atoms with E-state index in [0.29, 0.717) is 11.3 Å². The Bertz CT molecular complexity index is 1060. The number of benzene rings is 3. The van der Waals surface area contributed by atoms with Crippen LogP contribution in [-0.2, 0) is 9.53 Å². The Balaban J connectivity index is 1.71. The van der Waals surface area contributed by atoms with E-state index in [9.17, 15) is 4.79 Å². The predicted molar refractivity (Wildman–Crippen MR) is 112 cm³/mol. The van der Waals surface area contributed by atoms with E-state index in [2.05, 4.69) is 10.5 Å². The highest BCUT2D eigenvalue weighted by Gasteiger charge is 2.30. The third kappa shape index (κ3) is 3.60. The minimum Gasteiger partial charge on any atom is -0.473 e. The third-order valence-corrected chi connectivity index (χ3v) is 4.47. The minimum absolute atomic E-state index is 0.288. The third-order valence-electron chi connectivity index (χ3n) is 4.47. The SMILES string of the molecule is CCOC(=O)C1Oc2ccc3ccccc3c2C=C1/C=N/Nc1ccccc1. The van der Waals surface area contributed by atoms with Crippen LogP contribution in [0, 0.1) is 0 Å². The Morgan fingerprint density at radius 2 is 1.89 bits per heavy atom. The van der Waals surface area contributed by atoms with Crippen molar-refractivity contribution in [1.82, 2.24) is 0 Å². The minimum atomic E-state index is -0.852. The molecular formula is C23H20N2O3. The summed E-state index contributed by atoms with van der Waals surface area (Å²) in [4.78, 5) is 12.4. The number of nitrogens with one attached hydrogen (secondary N) is 1. The van der Waals surface area contributed by atoms with Gasteiger partial charge in [-0.25, -0.2) is 4.79 Å². The Hall–Kier alpha value is -3.60.